The molecule has 0 spiro atoms. The van der Waals surface area contributed by atoms with Crippen molar-refractivity contribution in [1.82, 2.24) is 0 Å². The van der Waals surface area contributed by atoms with Gasteiger partial charge in [-0.1, -0.05) is 146 Å². The number of Topliss-reactive ketones (excluding diaryl/α,β-unsaturated/α-hetero) is 1. The highest BCUT2D eigenvalue weighted by molar-refractivity contribution is 6.02. The van der Waals surface area contributed by atoms with Crippen molar-refractivity contribution in [3.05, 3.63) is 190 Å². The van der Waals surface area contributed by atoms with E-state index in [1.54, 1.807) is 0 Å². The molecule has 0 aliphatic heterocycles. The molecule has 0 radical (unpaired) electrons. The Morgan fingerprint density at radius 2 is 0.897 bits per heavy atom. The van der Waals surface area contributed by atoms with Crippen molar-refractivity contribution >= 4 is 5.78 Å². The summed E-state index contributed by atoms with van der Waals surface area (Å²) in [4.78, 5) is 13.4. The molecule has 1 atom stereocenters. The van der Waals surface area contributed by atoms with Crippen LogP contribution >= 0.6 is 0 Å². The average molecular weight is 503 g/mol. The zero-order valence-electron chi connectivity index (χ0n) is 22.0. The van der Waals surface area contributed by atoms with Crippen molar-refractivity contribution in [3.63, 3.8) is 0 Å². The van der Waals surface area contributed by atoms with Gasteiger partial charge in [0.25, 0.3) is 0 Å². The number of carbonyl (C=O) groups excluding carboxylic acids is 1. The molecule has 1 nitrogen and oxygen atoms in total. The zero-order chi connectivity index (χ0) is 26.5. The fourth-order valence-corrected chi connectivity index (χ4v) is 6.96. The molecule has 0 saturated carbocycles. The van der Waals surface area contributed by atoms with E-state index in [9.17, 15) is 4.79 Å². The molecule has 39 heavy (non-hydrogen) atoms. The van der Waals surface area contributed by atoms with E-state index in [-0.39, 0.29) is 11.7 Å². The molecule has 7 rings (SSSR count). The van der Waals surface area contributed by atoms with E-state index in [4.69, 9.17) is 0 Å². The van der Waals surface area contributed by atoms with E-state index in [1.165, 1.54) is 33.4 Å². The van der Waals surface area contributed by atoms with E-state index in [0.717, 1.165) is 17.5 Å². The first-order valence-electron chi connectivity index (χ1n) is 13.8. The molecule has 188 valence electrons. The number of benzene rings is 5. The summed E-state index contributed by atoms with van der Waals surface area (Å²) in [5.41, 5.74) is 8.27. The van der Waals surface area contributed by atoms with Gasteiger partial charge in [-0.2, -0.15) is 0 Å². The fourth-order valence-electron chi connectivity index (χ4n) is 6.96. The van der Waals surface area contributed by atoms with Crippen molar-refractivity contribution in [3.8, 4) is 0 Å². The lowest BCUT2D eigenvalue weighted by atomic mass is 9.56. The second kappa shape index (κ2) is 9.06. The first-order chi connectivity index (χ1) is 19.1. The average Bonchev–Trinajstić information content (AvgIpc) is 3.29. The maximum atomic E-state index is 13.4. The number of hydrogen-bond acceptors (Lipinski definition) is 1. The van der Waals surface area contributed by atoms with Crippen LogP contribution in [0.2, 0.25) is 0 Å². The molecule has 0 bridgehead atoms. The van der Waals surface area contributed by atoms with E-state index in [0.29, 0.717) is 0 Å². The predicted octanol–water partition coefficient (Wildman–Crippen LogP) is 8.30. The summed E-state index contributed by atoms with van der Waals surface area (Å²) in [5.74, 6) is 0.255. The third-order valence-electron chi connectivity index (χ3n) is 8.83. The SMILES string of the molecule is CC1Cc2cc3c(cc2C1=O)C(c1ccccc1)(c1ccccc1)C=CC3(c1ccccc1)c1ccccc1. The minimum atomic E-state index is -0.536. The van der Waals surface area contributed by atoms with Gasteiger partial charge in [-0.25, -0.2) is 0 Å². The highest BCUT2D eigenvalue weighted by atomic mass is 16.1. The molecule has 5 aromatic rings. The highest BCUT2D eigenvalue weighted by Gasteiger charge is 2.48. The lowest BCUT2D eigenvalue weighted by Crippen LogP contribution is -2.39. The topological polar surface area (TPSA) is 17.1 Å². The normalized spacial score (nSPS) is 18.4. The Balaban J connectivity index is 1.66. The number of carbonyl (C=O) groups is 1. The largest absolute Gasteiger partial charge is 0.294 e. The molecule has 2 aliphatic rings. The maximum absolute atomic E-state index is 13.4. The monoisotopic (exact) mass is 502 g/mol. The van der Waals surface area contributed by atoms with Crippen LogP contribution in [0.1, 0.15) is 56.2 Å². The van der Waals surface area contributed by atoms with E-state index < -0.39 is 10.8 Å². The van der Waals surface area contributed by atoms with Crippen LogP contribution in [0.4, 0.5) is 0 Å². The van der Waals surface area contributed by atoms with Gasteiger partial charge in [0, 0.05) is 11.5 Å². The van der Waals surface area contributed by atoms with Crippen LogP contribution < -0.4 is 0 Å². The Morgan fingerprint density at radius 1 is 0.538 bits per heavy atom. The van der Waals surface area contributed by atoms with Gasteiger partial charge in [0.15, 0.2) is 5.78 Å². The Labute approximate surface area is 230 Å². The molecule has 0 saturated heterocycles. The van der Waals surface area contributed by atoms with Crippen molar-refractivity contribution < 1.29 is 4.79 Å². The summed E-state index contributed by atoms with van der Waals surface area (Å²) in [5, 5.41) is 0. The summed E-state index contributed by atoms with van der Waals surface area (Å²) in [6.07, 6.45) is 5.61. The molecule has 0 fully saturated rings. The third kappa shape index (κ3) is 3.43. The number of hydrogen-bond donors (Lipinski definition) is 0. The number of rotatable bonds is 4. The summed E-state index contributed by atoms with van der Waals surface area (Å²) >= 11 is 0. The molecular weight excluding hydrogens is 472 g/mol. The van der Waals surface area contributed by atoms with Gasteiger partial charge in [-0.05, 0) is 51.4 Å². The summed E-state index contributed by atoms with van der Waals surface area (Å²) in [6.45, 7) is 2.06. The molecule has 0 amide bonds. The number of allylic oxidation sites excluding steroid dienone is 2. The van der Waals surface area contributed by atoms with Gasteiger partial charge in [-0.3, -0.25) is 4.79 Å². The second-order valence-electron chi connectivity index (χ2n) is 10.9. The third-order valence-corrected chi connectivity index (χ3v) is 8.83. The van der Waals surface area contributed by atoms with Crippen LogP contribution in [-0.4, -0.2) is 5.78 Å². The van der Waals surface area contributed by atoms with Crippen molar-refractivity contribution in [1.29, 1.82) is 0 Å². The van der Waals surface area contributed by atoms with Crippen LogP contribution in [0, 0.1) is 5.92 Å². The van der Waals surface area contributed by atoms with Gasteiger partial charge < -0.3 is 0 Å². The van der Waals surface area contributed by atoms with Crippen LogP contribution in [-0.2, 0) is 17.3 Å². The Kier molecular flexibility index (Phi) is 5.49. The predicted molar refractivity (Wildman–Crippen MR) is 158 cm³/mol. The van der Waals surface area contributed by atoms with E-state index in [2.05, 4.69) is 153 Å². The molecular formula is C38H30O. The van der Waals surface area contributed by atoms with Crippen LogP contribution in [0.5, 0.6) is 0 Å². The Hall–Kier alpha value is -4.49. The molecule has 1 unspecified atom stereocenters. The minimum Gasteiger partial charge on any atom is -0.294 e. The second-order valence-corrected chi connectivity index (χ2v) is 10.9. The zero-order valence-corrected chi connectivity index (χ0v) is 22.0. The molecule has 1 heteroatoms. The first kappa shape index (κ1) is 23.6. The van der Waals surface area contributed by atoms with Crippen LogP contribution in [0.25, 0.3) is 0 Å². The van der Waals surface area contributed by atoms with Gasteiger partial charge in [0.05, 0.1) is 10.8 Å². The highest BCUT2D eigenvalue weighted by Crippen LogP contribution is 2.54. The fraction of sp³-hybridized carbons (Fsp3) is 0.132. The molecule has 0 N–H and O–H groups in total. The summed E-state index contributed by atoms with van der Waals surface area (Å²) < 4.78 is 0. The Morgan fingerprint density at radius 3 is 1.28 bits per heavy atom. The smallest absolute Gasteiger partial charge is 0.166 e. The first-order valence-corrected chi connectivity index (χ1v) is 13.8. The summed E-state index contributed by atoms with van der Waals surface area (Å²) in [6, 6.07) is 47.7. The van der Waals surface area contributed by atoms with Gasteiger partial charge in [0.1, 0.15) is 0 Å². The summed E-state index contributed by atoms with van der Waals surface area (Å²) in [7, 11) is 0. The van der Waals surface area contributed by atoms with Gasteiger partial charge in [0.2, 0.25) is 0 Å². The van der Waals surface area contributed by atoms with Crippen LogP contribution in [0.15, 0.2) is 146 Å². The van der Waals surface area contributed by atoms with Gasteiger partial charge in [-0.15, -0.1) is 0 Å². The molecule has 5 aromatic carbocycles. The minimum absolute atomic E-state index is 0.00233. The number of fused-ring (bicyclic) bond motifs is 2. The lowest BCUT2D eigenvalue weighted by Gasteiger charge is -2.45. The van der Waals surface area contributed by atoms with Crippen LogP contribution in [0.3, 0.4) is 0 Å². The van der Waals surface area contributed by atoms with Crippen molar-refractivity contribution in [2.75, 3.05) is 0 Å². The maximum Gasteiger partial charge on any atom is 0.166 e. The van der Waals surface area contributed by atoms with Gasteiger partial charge >= 0.3 is 0 Å². The quantitative estimate of drug-likeness (QED) is 0.226. The van der Waals surface area contributed by atoms with E-state index >= 15 is 0 Å². The Bertz CT molecular complexity index is 1600. The molecule has 0 heterocycles. The number of ketones is 1. The van der Waals surface area contributed by atoms with E-state index in [1.807, 2.05) is 0 Å². The lowest BCUT2D eigenvalue weighted by molar-refractivity contribution is 0.0946. The van der Waals surface area contributed by atoms with Crippen molar-refractivity contribution in [2.45, 2.75) is 24.2 Å². The molecule has 2 aliphatic carbocycles. The van der Waals surface area contributed by atoms with Crippen molar-refractivity contribution in [2.24, 2.45) is 5.92 Å². The molecule has 0 aromatic heterocycles. The standard InChI is InChI=1S/C38H30O/c1-27-24-28-25-34-35(26-33(28)36(27)39)38(31-18-10-4-11-19-31,32-20-12-5-13-21-32)23-22-37(34,29-14-6-2-7-15-29)30-16-8-3-9-17-30/h2-23,25-27H,24H2,1H3.